The molecule has 3 rings (SSSR count). The summed E-state index contributed by atoms with van der Waals surface area (Å²) in [5.74, 6) is 2.54. The van der Waals surface area contributed by atoms with Crippen LogP contribution >= 0.6 is 23.1 Å². The number of nitrogens with two attached hydrogens (primary N) is 1. The first-order chi connectivity index (χ1) is 9.19. The summed E-state index contributed by atoms with van der Waals surface area (Å²) in [5.41, 5.74) is 6.18. The Morgan fingerprint density at radius 1 is 1.47 bits per heavy atom. The molecule has 0 aromatic carbocycles. The van der Waals surface area contributed by atoms with Crippen LogP contribution in [0.25, 0.3) is 0 Å². The van der Waals surface area contributed by atoms with Crippen LogP contribution in [-0.4, -0.2) is 35.7 Å². The van der Waals surface area contributed by atoms with Gasteiger partial charge in [-0.15, -0.1) is 23.1 Å². The first kappa shape index (κ1) is 13.5. The molecule has 0 bridgehead atoms. The number of thiophene rings is 1. The van der Waals surface area contributed by atoms with Crippen molar-refractivity contribution in [1.29, 1.82) is 0 Å². The van der Waals surface area contributed by atoms with Gasteiger partial charge in [0, 0.05) is 19.1 Å². The van der Waals surface area contributed by atoms with E-state index in [4.69, 9.17) is 5.73 Å². The third-order valence-electron chi connectivity index (χ3n) is 4.01. The van der Waals surface area contributed by atoms with Crippen molar-refractivity contribution < 1.29 is 4.79 Å². The Morgan fingerprint density at radius 3 is 2.95 bits per heavy atom. The minimum Gasteiger partial charge on any atom is -0.336 e. The summed E-state index contributed by atoms with van der Waals surface area (Å²) in [6, 6.07) is 4.20. The third kappa shape index (κ3) is 2.83. The molecule has 0 spiro atoms. The zero-order valence-electron chi connectivity index (χ0n) is 11.2. The summed E-state index contributed by atoms with van der Waals surface area (Å²) >= 11 is 3.40. The molecule has 2 fully saturated rings. The predicted octanol–water partition coefficient (Wildman–Crippen LogP) is 2.67. The van der Waals surface area contributed by atoms with Crippen LogP contribution in [0.4, 0.5) is 0 Å². The molecule has 5 heteroatoms. The number of thioether (sulfide) groups is 1. The molecule has 19 heavy (non-hydrogen) atoms. The van der Waals surface area contributed by atoms with Crippen LogP contribution in [-0.2, 0) is 0 Å². The lowest BCUT2D eigenvalue weighted by Crippen LogP contribution is -2.32. The van der Waals surface area contributed by atoms with Gasteiger partial charge >= 0.3 is 0 Å². The fourth-order valence-electron chi connectivity index (χ4n) is 2.85. The van der Waals surface area contributed by atoms with E-state index in [1.807, 2.05) is 11.0 Å². The second-order valence-corrected chi connectivity index (χ2v) is 8.08. The summed E-state index contributed by atoms with van der Waals surface area (Å²) in [6.07, 6.45) is 2.60. The summed E-state index contributed by atoms with van der Waals surface area (Å²) < 4.78 is 1.23. The number of nitrogens with zero attached hydrogens (tertiary/aromatic N) is 1. The molecule has 2 heterocycles. The van der Waals surface area contributed by atoms with Crippen LogP contribution in [0.3, 0.4) is 0 Å². The maximum Gasteiger partial charge on any atom is 0.264 e. The Balaban J connectivity index is 1.66. The average Bonchev–Trinajstić information content (AvgIpc) is 3.00. The standard InChI is InChI=1S/C14H20N2OS2/c1-2-18-13-6-5-12(19-13)14(17)16-7-10(9-3-4-9)11(15)8-16/h5-6,9-11H,2-4,7-8,15H2,1H3/t10-,11+/m1/s1. The molecule has 2 N–H and O–H groups in total. The van der Waals surface area contributed by atoms with Crippen molar-refractivity contribution in [2.75, 3.05) is 18.8 Å². The number of hydrogen-bond donors (Lipinski definition) is 1. The number of likely N-dealkylation sites (tertiary alicyclic amines) is 1. The Labute approximate surface area is 122 Å². The van der Waals surface area contributed by atoms with Crippen molar-refractivity contribution in [3.63, 3.8) is 0 Å². The lowest BCUT2D eigenvalue weighted by molar-refractivity contribution is 0.0789. The SMILES string of the molecule is CCSc1ccc(C(=O)N2C[C@H](C3CC3)[C@@H](N)C2)s1. The Bertz CT molecular complexity index is 470. The van der Waals surface area contributed by atoms with Gasteiger partial charge in [-0.25, -0.2) is 0 Å². The molecule has 1 aromatic rings. The van der Waals surface area contributed by atoms with Gasteiger partial charge in [0.1, 0.15) is 0 Å². The van der Waals surface area contributed by atoms with E-state index < -0.39 is 0 Å². The molecule has 2 atom stereocenters. The smallest absolute Gasteiger partial charge is 0.264 e. The van der Waals surface area contributed by atoms with Gasteiger partial charge in [-0.2, -0.15) is 0 Å². The van der Waals surface area contributed by atoms with Gasteiger partial charge in [-0.3, -0.25) is 4.79 Å². The van der Waals surface area contributed by atoms with Crippen molar-refractivity contribution in [3.8, 4) is 0 Å². The van der Waals surface area contributed by atoms with Crippen LogP contribution in [0.2, 0.25) is 0 Å². The van der Waals surface area contributed by atoms with Gasteiger partial charge < -0.3 is 10.6 Å². The molecule has 1 aromatic heterocycles. The zero-order chi connectivity index (χ0) is 13.4. The van der Waals surface area contributed by atoms with E-state index in [0.717, 1.165) is 29.6 Å². The fourth-order valence-corrected chi connectivity index (χ4v) is 4.87. The van der Waals surface area contributed by atoms with E-state index in [2.05, 4.69) is 13.0 Å². The van der Waals surface area contributed by atoms with Crippen molar-refractivity contribution in [1.82, 2.24) is 4.90 Å². The molecule has 1 aliphatic carbocycles. The largest absolute Gasteiger partial charge is 0.336 e. The predicted molar refractivity (Wildman–Crippen MR) is 80.8 cm³/mol. The van der Waals surface area contributed by atoms with E-state index in [0.29, 0.717) is 5.92 Å². The zero-order valence-corrected chi connectivity index (χ0v) is 12.8. The molecular weight excluding hydrogens is 276 g/mol. The van der Waals surface area contributed by atoms with Gasteiger partial charge in [0.25, 0.3) is 5.91 Å². The van der Waals surface area contributed by atoms with Gasteiger partial charge in [0.2, 0.25) is 0 Å². The van der Waals surface area contributed by atoms with Crippen LogP contribution < -0.4 is 5.73 Å². The van der Waals surface area contributed by atoms with Crippen LogP contribution in [0.1, 0.15) is 29.4 Å². The summed E-state index contributed by atoms with van der Waals surface area (Å²) in [7, 11) is 0. The molecule has 0 radical (unpaired) electrons. The highest BCUT2D eigenvalue weighted by atomic mass is 32.2. The van der Waals surface area contributed by atoms with E-state index in [1.54, 1.807) is 23.1 Å². The topological polar surface area (TPSA) is 46.3 Å². The normalized spacial score (nSPS) is 26.9. The van der Waals surface area contributed by atoms with Crippen molar-refractivity contribution >= 4 is 29.0 Å². The van der Waals surface area contributed by atoms with Gasteiger partial charge in [0.15, 0.2) is 0 Å². The first-order valence-corrected chi connectivity index (χ1v) is 8.76. The van der Waals surface area contributed by atoms with Crippen LogP contribution in [0.15, 0.2) is 16.3 Å². The molecule has 1 amide bonds. The van der Waals surface area contributed by atoms with Gasteiger partial charge in [-0.05, 0) is 42.6 Å². The Hall–Kier alpha value is -0.520. The number of amides is 1. The number of carbonyl (C=O) groups is 1. The Morgan fingerprint density at radius 2 is 2.26 bits per heavy atom. The van der Waals surface area contributed by atoms with Gasteiger partial charge in [-0.1, -0.05) is 6.92 Å². The van der Waals surface area contributed by atoms with E-state index >= 15 is 0 Å². The molecule has 2 aliphatic rings. The summed E-state index contributed by atoms with van der Waals surface area (Å²) in [6.45, 7) is 3.72. The highest BCUT2D eigenvalue weighted by Gasteiger charge is 2.42. The van der Waals surface area contributed by atoms with E-state index in [-0.39, 0.29) is 11.9 Å². The molecule has 3 nitrogen and oxygen atoms in total. The first-order valence-electron chi connectivity index (χ1n) is 6.96. The molecule has 1 saturated carbocycles. The molecular formula is C14H20N2OS2. The maximum atomic E-state index is 12.5. The number of rotatable bonds is 4. The van der Waals surface area contributed by atoms with Crippen molar-refractivity contribution in [2.24, 2.45) is 17.6 Å². The molecule has 1 saturated heterocycles. The molecule has 1 aliphatic heterocycles. The monoisotopic (exact) mass is 296 g/mol. The second-order valence-electron chi connectivity index (χ2n) is 5.43. The quantitative estimate of drug-likeness (QED) is 0.869. The van der Waals surface area contributed by atoms with Crippen LogP contribution in [0, 0.1) is 11.8 Å². The summed E-state index contributed by atoms with van der Waals surface area (Å²) in [5, 5.41) is 0. The molecule has 104 valence electrons. The lowest BCUT2D eigenvalue weighted by atomic mass is 9.99. The minimum atomic E-state index is 0.173. The fraction of sp³-hybridized carbons (Fsp3) is 0.643. The van der Waals surface area contributed by atoms with Crippen LogP contribution in [0.5, 0.6) is 0 Å². The Kier molecular flexibility index (Phi) is 3.87. The minimum absolute atomic E-state index is 0.173. The highest BCUT2D eigenvalue weighted by molar-refractivity contribution is 8.01. The third-order valence-corrected chi connectivity index (χ3v) is 6.19. The highest BCUT2D eigenvalue weighted by Crippen LogP contribution is 2.41. The molecule has 0 unspecified atom stereocenters. The average molecular weight is 296 g/mol. The van der Waals surface area contributed by atoms with Crippen molar-refractivity contribution in [3.05, 3.63) is 17.0 Å². The maximum absolute atomic E-state index is 12.5. The summed E-state index contributed by atoms with van der Waals surface area (Å²) in [4.78, 5) is 15.3. The van der Waals surface area contributed by atoms with Crippen molar-refractivity contribution in [2.45, 2.75) is 30.0 Å². The second kappa shape index (κ2) is 5.46. The lowest BCUT2D eigenvalue weighted by Gasteiger charge is -2.14. The van der Waals surface area contributed by atoms with E-state index in [1.165, 1.54) is 17.1 Å². The van der Waals surface area contributed by atoms with E-state index in [9.17, 15) is 4.79 Å². The number of hydrogen-bond acceptors (Lipinski definition) is 4. The van der Waals surface area contributed by atoms with Gasteiger partial charge in [0.05, 0.1) is 9.09 Å². The number of carbonyl (C=O) groups excluding carboxylic acids is 1.